The van der Waals surface area contributed by atoms with Gasteiger partial charge in [-0.05, 0) is 32.4 Å². The highest BCUT2D eigenvalue weighted by molar-refractivity contribution is 5.91. The summed E-state index contributed by atoms with van der Waals surface area (Å²) in [6, 6.07) is 17.6. The number of carbonyl (C=O) groups is 1. The van der Waals surface area contributed by atoms with Crippen LogP contribution in [0.2, 0.25) is 0 Å². The van der Waals surface area contributed by atoms with E-state index in [0.29, 0.717) is 0 Å². The quantitative estimate of drug-likeness (QED) is 0.858. The van der Waals surface area contributed by atoms with E-state index in [9.17, 15) is 4.79 Å². The molecule has 1 N–H and O–H groups in total. The molecule has 0 saturated heterocycles. The lowest BCUT2D eigenvalue weighted by Crippen LogP contribution is -2.27. The highest BCUT2D eigenvalue weighted by Crippen LogP contribution is 2.27. The van der Waals surface area contributed by atoms with E-state index in [2.05, 4.69) is 5.32 Å². The van der Waals surface area contributed by atoms with Crippen LogP contribution in [0.5, 0.6) is 0 Å². The van der Waals surface area contributed by atoms with E-state index in [1.165, 1.54) is 0 Å². The van der Waals surface area contributed by atoms with Crippen LogP contribution in [0.3, 0.4) is 0 Å². The Morgan fingerprint density at radius 3 is 2.20 bits per heavy atom. The largest absolute Gasteiger partial charge is 0.444 e. The molecule has 0 unspecified atom stereocenters. The van der Waals surface area contributed by atoms with E-state index in [1.807, 2.05) is 75.4 Å². The Morgan fingerprint density at radius 1 is 0.950 bits per heavy atom. The number of benzene rings is 2. The second-order valence-corrected chi connectivity index (χ2v) is 5.54. The van der Waals surface area contributed by atoms with Crippen LogP contribution < -0.4 is 5.32 Å². The number of anilines is 1. The molecule has 0 bridgehead atoms. The van der Waals surface area contributed by atoms with Gasteiger partial charge in [-0.1, -0.05) is 48.5 Å². The molecular formula is C17H19NO2. The van der Waals surface area contributed by atoms with E-state index in [4.69, 9.17) is 4.74 Å². The molecule has 2 aromatic carbocycles. The molecule has 0 fully saturated rings. The number of nitrogens with one attached hydrogen (secondary N) is 1. The van der Waals surface area contributed by atoms with Crippen LogP contribution in [0.25, 0.3) is 11.1 Å². The lowest BCUT2D eigenvalue weighted by molar-refractivity contribution is 0.0636. The average Bonchev–Trinajstić information content (AvgIpc) is 2.38. The maximum absolute atomic E-state index is 11.9. The van der Waals surface area contributed by atoms with Gasteiger partial charge in [0, 0.05) is 5.56 Å². The topological polar surface area (TPSA) is 38.3 Å². The second-order valence-electron chi connectivity index (χ2n) is 5.54. The smallest absolute Gasteiger partial charge is 0.412 e. The molecule has 0 aliphatic heterocycles. The summed E-state index contributed by atoms with van der Waals surface area (Å²) in [6.45, 7) is 5.53. The number of amides is 1. The fourth-order valence-corrected chi connectivity index (χ4v) is 1.88. The SMILES string of the molecule is CC(C)(C)OC(=O)Nc1ccccc1-c1ccccc1. The van der Waals surface area contributed by atoms with Crippen molar-refractivity contribution in [3.05, 3.63) is 54.6 Å². The molecule has 2 aromatic rings. The van der Waals surface area contributed by atoms with Crippen molar-refractivity contribution in [1.29, 1.82) is 0 Å². The van der Waals surface area contributed by atoms with Gasteiger partial charge >= 0.3 is 6.09 Å². The van der Waals surface area contributed by atoms with Crippen LogP contribution in [0.15, 0.2) is 54.6 Å². The molecule has 0 atom stereocenters. The van der Waals surface area contributed by atoms with E-state index in [0.717, 1.165) is 16.8 Å². The Kier molecular flexibility index (Phi) is 4.08. The van der Waals surface area contributed by atoms with Crippen LogP contribution in [0.1, 0.15) is 20.8 Å². The molecule has 1 amide bonds. The number of ether oxygens (including phenoxy) is 1. The lowest BCUT2D eigenvalue weighted by atomic mass is 10.0. The van der Waals surface area contributed by atoms with Crippen LogP contribution in [0.4, 0.5) is 10.5 Å². The van der Waals surface area contributed by atoms with Gasteiger partial charge in [0.15, 0.2) is 0 Å². The molecule has 0 aromatic heterocycles. The molecule has 0 spiro atoms. The maximum Gasteiger partial charge on any atom is 0.412 e. The summed E-state index contributed by atoms with van der Waals surface area (Å²) in [5.74, 6) is 0. The van der Waals surface area contributed by atoms with E-state index >= 15 is 0 Å². The monoisotopic (exact) mass is 269 g/mol. The van der Waals surface area contributed by atoms with E-state index < -0.39 is 11.7 Å². The van der Waals surface area contributed by atoms with Crippen LogP contribution in [-0.2, 0) is 4.74 Å². The van der Waals surface area contributed by atoms with E-state index in [1.54, 1.807) is 0 Å². The van der Waals surface area contributed by atoms with Crippen molar-refractivity contribution in [1.82, 2.24) is 0 Å². The summed E-state index contributed by atoms with van der Waals surface area (Å²) in [5.41, 5.74) is 2.26. The van der Waals surface area contributed by atoms with Gasteiger partial charge in [0.2, 0.25) is 0 Å². The zero-order valence-electron chi connectivity index (χ0n) is 12.0. The van der Waals surface area contributed by atoms with Crippen molar-refractivity contribution in [3.63, 3.8) is 0 Å². The summed E-state index contributed by atoms with van der Waals surface area (Å²) in [5, 5.41) is 2.80. The van der Waals surface area contributed by atoms with Gasteiger partial charge in [-0.15, -0.1) is 0 Å². The van der Waals surface area contributed by atoms with Crippen molar-refractivity contribution >= 4 is 11.8 Å². The predicted octanol–water partition coefficient (Wildman–Crippen LogP) is 4.70. The van der Waals surface area contributed by atoms with Crippen molar-refractivity contribution in [2.45, 2.75) is 26.4 Å². The molecular weight excluding hydrogens is 250 g/mol. The summed E-state index contributed by atoms with van der Waals surface area (Å²) < 4.78 is 5.28. The van der Waals surface area contributed by atoms with Gasteiger partial charge in [0.05, 0.1) is 5.69 Å². The normalized spacial score (nSPS) is 10.9. The molecule has 20 heavy (non-hydrogen) atoms. The van der Waals surface area contributed by atoms with Gasteiger partial charge in [-0.3, -0.25) is 5.32 Å². The summed E-state index contributed by atoms with van der Waals surface area (Å²) in [6.07, 6.45) is -0.444. The van der Waals surface area contributed by atoms with Gasteiger partial charge in [0.1, 0.15) is 5.60 Å². The Labute approximate surface area is 119 Å². The zero-order chi connectivity index (χ0) is 14.6. The van der Waals surface area contributed by atoms with Crippen LogP contribution >= 0.6 is 0 Å². The van der Waals surface area contributed by atoms with Crippen LogP contribution in [0, 0.1) is 0 Å². The van der Waals surface area contributed by atoms with Crippen molar-refractivity contribution in [2.24, 2.45) is 0 Å². The third-order valence-electron chi connectivity index (χ3n) is 2.65. The number of para-hydroxylation sites is 1. The minimum Gasteiger partial charge on any atom is -0.444 e. The van der Waals surface area contributed by atoms with Crippen molar-refractivity contribution in [2.75, 3.05) is 5.32 Å². The fourth-order valence-electron chi connectivity index (χ4n) is 1.88. The third-order valence-corrected chi connectivity index (χ3v) is 2.65. The minimum absolute atomic E-state index is 0.444. The molecule has 0 radical (unpaired) electrons. The Balaban J connectivity index is 2.23. The summed E-state index contributed by atoms with van der Waals surface area (Å²) in [7, 11) is 0. The molecule has 3 nitrogen and oxygen atoms in total. The van der Waals surface area contributed by atoms with Gasteiger partial charge in [0.25, 0.3) is 0 Å². The molecule has 0 aliphatic rings. The molecule has 0 saturated carbocycles. The number of rotatable bonds is 2. The van der Waals surface area contributed by atoms with Gasteiger partial charge in [-0.2, -0.15) is 0 Å². The first-order chi connectivity index (χ1) is 9.46. The average molecular weight is 269 g/mol. The maximum atomic E-state index is 11.9. The highest BCUT2D eigenvalue weighted by Gasteiger charge is 2.17. The highest BCUT2D eigenvalue weighted by atomic mass is 16.6. The number of carbonyl (C=O) groups excluding carboxylic acids is 1. The molecule has 0 aliphatic carbocycles. The summed E-state index contributed by atoms with van der Waals surface area (Å²) >= 11 is 0. The Morgan fingerprint density at radius 2 is 1.55 bits per heavy atom. The molecule has 104 valence electrons. The van der Waals surface area contributed by atoms with Gasteiger partial charge in [-0.25, -0.2) is 4.79 Å². The van der Waals surface area contributed by atoms with Crippen LogP contribution in [-0.4, -0.2) is 11.7 Å². The fraction of sp³-hybridized carbons (Fsp3) is 0.235. The predicted molar refractivity (Wildman–Crippen MR) is 81.7 cm³/mol. The standard InChI is InChI=1S/C17H19NO2/c1-17(2,3)20-16(19)18-15-12-8-7-11-14(15)13-9-5-4-6-10-13/h4-12H,1-3H3,(H,18,19). The minimum atomic E-state index is -0.508. The second kappa shape index (κ2) is 5.78. The third kappa shape index (κ3) is 3.85. The van der Waals surface area contributed by atoms with Crippen molar-refractivity contribution in [3.8, 4) is 11.1 Å². The first-order valence-electron chi connectivity index (χ1n) is 6.60. The number of hydrogen-bond donors (Lipinski definition) is 1. The molecule has 3 heteroatoms. The first kappa shape index (κ1) is 14.1. The van der Waals surface area contributed by atoms with E-state index in [-0.39, 0.29) is 0 Å². The van der Waals surface area contributed by atoms with Gasteiger partial charge < -0.3 is 4.74 Å². The first-order valence-corrected chi connectivity index (χ1v) is 6.60. The van der Waals surface area contributed by atoms with Crippen molar-refractivity contribution < 1.29 is 9.53 Å². The Bertz CT molecular complexity index is 585. The molecule has 2 rings (SSSR count). The Hall–Kier alpha value is -2.29. The molecule has 0 heterocycles. The lowest BCUT2D eigenvalue weighted by Gasteiger charge is -2.20. The summed E-state index contributed by atoms with van der Waals surface area (Å²) in [4.78, 5) is 11.9. The number of hydrogen-bond acceptors (Lipinski definition) is 2. The zero-order valence-corrected chi connectivity index (χ0v) is 12.0.